The van der Waals surface area contributed by atoms with Crippen LogP contribution in [-0.4, -0.2) is 10.1 Å². The number of H-pyrrole nitrogens is 1. The van der Waals surface area contributed by atoms with Crippen molar-refractivity contribution in [1.29, 1.82) is 0 Å². The average molecular weight is 240 g/mol. The van der Waals surface area contributed by atoms with E-state index >= 15 is 0 Å². The van der Waals surface area contributed by atoms with E-state index in [2.05, 4.69) is 4.98 Å². The Labute approximate surface area is 97.7 Å². The van der Waals surface area contributed by atoms with E-state index in [0.717, 1.165) is 5.56 Å². The second kappa shape index (κ2) is 4.68. The predicted molar refractivity (Wildman–Crippen MR) is 60.9 cm³/mol. The van der Waals surface area contributed by atoms with Gasteiger partial charge in [0, 0.05) is 29.4 Å². The second-order valence-electron chi connectivity index (χ2n) is 3.56. The number of aliphatic hydroxyl groups excluding tert-OH is 1. The first kappa shape index (κ1) is 11.2. The Morgan fingerprint density at radius 1 is 1.38 bits per heavy atom. The summed E-state index contributed by atoms with van der Waals surface area (Å²) in [6, 6.07) is 6.25. The van der Waals surface area contributed by atoms with Crippen molar-refractivity contribution in [2.24, 2.45) is 0 Å². The maximum atomic E-state index is 13.4. The van der Waals surface area contributed by atoms with Crippen LogP contribution in [0.15, 0.2) is 36.7 Å². The molecule has 2 aromatic rings. The summed E-state index contributed by atoms with van der Waals surface area (Å²) >= 11 is 5.88. The molecule has 2 rings (SSSR count). The van der Waals surface area contributed by atoms with Crippen LogP contribution in [0.1, 0.15) is 17.2 Å². The van der Waals surface area contributed by atoms with Crippen LogP contribution in [0.25, 0.3) is 0 Å². The highest BCUT2D eigenvalue weighted by molar-refractivity contribution is 6.31. The molecule has 0 amide bonds. The summed E-state index contributed by atoms with van der Waals surface area (Å²) < 4.78 is 13.4. The molecule has 1 aromatic carbocycles. The van der Waals surface area contributed by atoms with Crippen molar-refractivity contribution in [2.45, 2.75) is 12.5 Å². The van der Waals surface area contributed by atoms with Gasteiger partial charge >= 0.3 is 0 Å². The van der Waals surface area contributed by atoms with Gasteiger partial charge in [0.05, 0.1) is 6.10 Å². The van der Waals surface area contributed by atoms with E-state index < -0.39 is 6.10 Å². The molecule has 0 saturated heterocycles. The smallest absolute Gasteiger partial charge is 0.127 e. The van der Waals surface area contributed by atoms with Gasteiger partial charge in [-0.1, -0.05) is 17.7 Å². The van der Waals surface area contributed by atoms with E-state index in [9.17, 15) is 9.50 Å². The zero-order valence-corrected chi connectivity index (χ0v) is 9.21. The van der Waals surface area contributed by atoms with Crippen molar-refractivity contribution in [3.8, 4) is 0 Å². The van der Waals surface area contributed by atoms with Crippen LogP contribution >= 0.6 is 11.6 Å². The van der Waals surface area contributed by atoms with E-state index in [0.29, 0.717) is 10.6 Å². The van der Waals surface area contributed by atoms with Gasteiger partial charge in [0.25, 0.3) is 0 Å². The van der Waals surface area contributed by atoms with Gasteiger partial charge in [-0.25, -0.2) is 4.39 Å². The van der Waals surface area contributed by atoms with Gasteiger partial charge in [-0.05, 0) is 23.8 Å². The van der Waals surface area contributed by atoms with Gasteiger partial charge < -0.3 is 10.1 Å². The normalized spacial score (nSPS) is 12.7. The lowest BCUT2D eigenvalue weighted by Crippen LogP contribution is -2.03. The zero-order valence-electron chi connectivity index (χ0n) is 8.45. The molecular weight excluding hydrogens is 229 g/mol. The van der Waals surface area contributed by atoms with Crippen molar-refractivity contribution in [3.05, 3.63) is 58.6 Å². The summed E-state index contributed by atoms with van der Waals surface area (Å²) in [5, 5.41) is 10.2. The number of hydrogen-bond donors (Lipinski definition) is 2. The fourth-order valence-electron chi connectivity index (χ4n) is 1.58. The summed E-state index contributed by atoms with van der Waals surface area (Å²) in [5.74, 6) is -0.387. The van der Waals surface area contributed by atoms with E-state index in [1.54, 1.807) is 30.6 Å². The number of nitrogens with one attached hydrogen (secondary N) is 1. The van der Waals surface area contributed by atoms with Crippen LogP contribution in [0.5, 0.6) is 0 Å². The predicted octanol–water partition coefficient (Wildman–Crippen LogP) is 3.08. The number of benzene rings is 1. The molecule has 0 aliphatic heterocycles. The SMILES string of the molecule is OC(Cc1c(F)cccc1Cl)c1cc[nH]c1. The van der Waals surface area contributed by atoms with Crippen LogP contribution in [0.2, 0.25) is 5.02 Å². The van der Waals surface area contributed by atoms with Gasteiger partial charge in [-0.3, -0.25) is 0 Å². The summed E-state index contributed by atoms with van der Waals surface area (Å²) in [6.45, 7) is 0. The van der Waals surface area contributed by atoms with Crippen LogP contribution in [-0.2, 0) is 6.42 Å². The van der Waals surface area contributed by atoms with Crippen molar-refractivity contribution in [1.82, 2.24) is 4.98 Å². The van der Waals surface area contributed by atoms with Crippen LogP contribution in [0, 0.1) is 5.82 Å². The number of hydrogen-bond acceptors (Lipinski definition) is 1. The van der Waals surface area contributed by atoms with Gasteiger partial charge in [0.2, 0.25) is 0 Å². The number of rotatable bonds is 3. The molecule has 84 valence electrons. The first-order chi connectivity index (χ1) is 7.68. The molecule has 1 atom stereocenters. The van der Waals surface area contributed by atoms with E-state index in [1.807, 2.05) is 0 Å². The van der Waals surface area contributed by atoms with Gasteiger partial charge in [-0.15, -0.1) is 0 Å². The number of aromatic nitrogens is 1. The van der Waals surface area contributed by atoms with Gasteiger partial charge in [-0.2, -0.15) is 0 Å². The second-order valence-corrected chi connectivity index (χ2v) is 3.97. The highest BCUT2D eigenvalue weighted by atomic mass is 35.5. The Morgan fingerprint density at radius 2 is 2.19 bits per heavy atom. The Hall–Kier alpha value is -1.32. The molecule has 0 spiro atoms. The summed E-state index contributed by atoms with van der Waals surface area (Å²) in [4.78, 5) is 2.84. The van der Waals surface area contributed by atoms with Crippen molar-refractivity contribution >= 4 is 11.6 Å². The number of halogens is 2. The molecule has 2 nitrogen and oxygen atoms in total. The molecule has 0 saturated carbocycles. The topological polar surface area (TPSA) is 36.0 Å². The molecule has 16 heavy (non-hydrogen) atoms. The van der Waals surface area contributed by atoms with Gasteiger partial charge in [0.15, 0.2) is 0 Å². The summed E-state index contributed by atoms with van der Waals surface area (Å²) in [5.41, 5.74) is 1.07. The minimum atomic E-state index is -0.749. The molecule has 2 N–H and O–H groups in total. The molecule has 0 fully saturated rings. The summed E-state index contributed by atoms with van der Waals surface area (Å²) in [7, 11) is 0. The molecule has 0 aliphatic rings. The molecule has 4 heteroatoms. The van der Waals surface area contributed by atoms with Crippen molar-refractivity contribution < 1.29 is 9.50 Å². The third kappa shape index (κ3) is 2.26. The molecular formula is C12H11ClFNO. The van der Waals surface area contributed by atoms with Crippen LogP contribution in [0.3, 0.4) is 0 Å². The van der Waals surface area contributed by atoms with Crippen LogP contribution in [0.4, 0.5) is 4.39 Å². The minimum Gasteiger partial charge on any atom is -0.388 e. The van der Waals surface area contributed by atoms with E-state index in [4.69, 9.17) is 11.6 Å². The largest absolute Gasteiger partial charge is 0.388 e. The maximum Gasteiger partial charge on any atom is 0.127 e. The maximum absolute atomic E-state index is 13.4. The number of aromatic amines is 1. The average Bonchev–Trinajstić information content (AvgIpc) is 2.76. The van der Waals surface area contributed by atoms with E-state index in [1.165, 1.54) is 6.07 Å². The molecule has 1 heterocycles. The van der Waals surface area contributed by atoms with Gasteiger partial charge in [0.1, 0.15) is 5.82 Å². The first-order valence-corrected chi connectivity index (χ1v) is 5.30. The highest BCUT2D eigenvalue weighted by Crippen LogP contribution is 2.25. The Bertz CT molecular complexity index is 450. The number of aliphatic hydroxyl groups is 1. The standard InChI is InChI=1S/C12H11ClFNO/c13-10-2-1-3-11(14)9(10)6-12(16)8-4-5-15-7-8/h1-5,7,12,15-16H,6H2. The minimum absolute atomic E-state index is 0.170. The lowest BCUT2D eigenvalue weighted by atomic mass is 10.0. The Morgan fingerprint density at radius 3 is 2.81 bits per heavy atom. The Kier molecular flexibility index (Phi) is 3.27. The molecule has 1 aromatic heterocycles. The highest BCUT2D eigenvalue weighted by Gasteiger charge is 2.14. The summed E-state index contributed by atoms with van der Waals surface area (Å²) in [6.07, 6.45) is 2.81. The lowest BCUT2D eigenvalue weighted by Gasteiger charge is -2.11. The third-order valence-corrected chi connectivity index (χ3v) is 2.82. The quantitative estimate of drug-likeness (QED) is 0.849. The monoisotopic (exact) mass is 239 g/mol. The van der Waals surface area contributed by atoms with Crippen LogP contribution < -0.4 is 0 Å². The molecule has 0 bridgehead atoms. The first-order valence-electron chi connectivity index (χ1n) is 4.92. The lowest BCUT2D eigenvalue weighted by molar-refractivity contribution is 0.177. The molecule has 0 aliphatic carbocycles. The fraction of sp³-hybridized carbons (Fsp3) is 0.167. The van der Waals surface area contributed by atoms with Crippen molar-refractivity contribution in [2.75, 3.05) is 0 Å². The molecule has 0 radical (unpaired) electrons. The van der Waals surface area contributed by atoms with E-state index in [-0.39, 0.29) is 12.2 Å². The fourth-order valence-corrected chi connectivity index (χ4v) is 1.82. The zero-order chi connectivity index (χ0) is 11.5. The Balaban J connectivity index is 2.21. The third-order valence-electron chi connectivity index (χ3n) is 2.47. The van der Waals surface area contributed by atoms with Crippen molar-refractivity contribution in [3.63, 3.8) is 0 Å². The molecule has 1 unspecified atom stereocenters.